The summed E-state index contributed by atoms with van der Waals surface area (Å²) in [6.45, 7) is 1.35. The first-order valence-electron chi connectivity index (χ1n) is 11.0. The second-order valence-electron chi connectivity index (χ2n) is 8.87. The lowest BCUT2D eigenvalue weighted by atomic mass is 10.0. The van der Waals surface area contributed by atoms with Crippen LogP contribution in [0.5, 0.6) is 0 Å². The Morgan fingerprint density at radius 3 is 2.86 bits per heavy atom. The number of imidazole rings is 1. The predicted octanol–water partition coefficient (Wildman–Crippen LogP) is -0.235. The Labute approximate surface area is 220 Å². The van der Waals surface area contributed by atoms with Gasteiger partial charge < -0.3 is 30.5 Å². The van der Waals surface area contributed by atoms with Gasteiger partial charge in [0, 0.05) is 17.3 Å². The molecule has 0 unspecified atom stereocenters. The van der Waals surface area contributed by atoms with Crippen LogP contribution in [0.3, 0.4) is 0 Å². The summed E-state index contributed by atoms with van der Waals surface area (Å²) in [6.07, 6.45) is 7.05. The molecule has 2 atom stereocenters. The number of aliphatic carboxylic acids is 1. The minimum atomic E-state index is -1.21. The smallest absolute Gasteiger partial charge is 0.352 e. The van der Waals surface area contributed by atoms with E-state index in [4.69, 9.17) is 10.6 Å². The average molecular weight is 549 g/mol. The number of aromatic nitrogens is 4. The van der Waals surface area contributed by atoms with Crippen LogP contribution < -0.4 is 11.1 Å². The molecule has 2 amide bonds. The largest absolute Gasteiger partial charge is 0.477 e. The van der Waals surface area contributed by atoms with Crippen molar-refractivity contribution in [2.75, 3.05) is 39.2 Å². The predicted molar refractivity (Wildman–Crippen MR) is 136 cm³/mol. The van der Waals surface area contributed by atoms with Crippen molar-refractivity contribution < 1.29 is 28.8 Å². The molecule has 0 aromatic carbocycles. The van der Waals surface area contributed by atoms with E-state index in [0.717, 1.165) is 23.8 Å². The van der Waals surface area contributed by atoms with Gasteiger partial charge in [0.1, 0.15) is 30.8 Å². The maximum absolute atomic E-state index is 13.0. The van der Waals surface area contributed by atoms with Crippen LogP contribution in [0.4, 0.5) is 5.13 Å². The number of carboxylic acid groups (broad SMARTS) is 1. The number of thioether (sulfide) groups is 1. The van der Waals surface area contributed by atoms with Gasteiger partial charge in [0.25, 0.3) is 11.8 Å². The molecule has 0 radical (unpaired) electrons. The van der Waals surface area contributed by atoms with Crippen molar-refractivity contribution in [3.63, 3.8) is 0 Å². The number of nitrogen functional groups attached to an aromatic ring is 1. The molecule has 0 spiro atoms. The molecule has 0 saturated carbocycles. The number of likely N-dealkylation sites (N-methyl/N-ethyl adjacent to an activating group) is 1. The van der Waals surface area contributed by atoms with E-state index in [2.05, 4.69) is 29.8 Å². The van der Waals surface area contributed by atoms with E-state index in [1.807, 2.05) is 20.2 Å². The number of oxime groups is 1. The molecule has 0 bridgehead atoms. The second kappa shape index (κ2) is 10.7. The number of nitrogens with one attached hydrogen (secondary N) is 2. The van der Waals surface area contributed by atoms with Gasteiger partial charge in [-0.25, -0.2) is 9.78 Å². The standard InChI is InChI=1S/C21H25N9O5S2/c1-30(2,8-12-7-23-10-24-12)6-4-5-11-9-36-19-14(18(32)29(19)15(11)20(33)34)25-17(31)13(27-35-3)16-26-21(22)37-28-16/h4-5,7,10,14,19H,6,8-9H2,1-3H3,(H4-,22,23,24,25,26,28,31,33,34)/p+1/b5-4+,27-13-/t14-,19-/m1/s1. The van der Waals surface area contributed by atoms with Crippen LogP contribution in [-0.4, -0.2) is 102 Å². The zero-order valence-corrected chi connectivity index (χ0v) is 21.9. The summed E-state index contributed by atoms with van der Waals surface area (Å²) in [4.78, 5) is 54.9. The fourth-order valence-electron chi connectivity index (χ4n) is 3.96. The Kier molecular flexibility index (Phi) is 7.60. The highest BCUT2D eigenvalue weighted by molar-refractivity contribution is 8.00. The summed E-state index contributed by atoms with van der Waals surface area (Å²) in [7, 11) is 5.35. The molecular formula is C21H26N9O5S2+. The summed E-state index contributed by atoms with van der Waals surface area (Å²) in [5.41, 5.74) is 6.78. The molecule has 14 nitrogen and oxygen atoms in total. The van der Waals surface area contributed by atoms with Crippen molar-refractivity contribution >= 4 is 51.9 Å². The lowest BCUT2D eigenvalue weighted by molar-refractivity contribution is -0.898. The molecule has 196 valence electrons. The first-order valence-corrected chi connectivity index (χ1v) is 12.8. The Morgan fingerprint density at radius 1 is 1.46 bits per heavy atom. The van der Waals surface area contributed by atoms with Gasteiger partial charge >= 0.3 is 5.97 Å². The molecule has 2 aliphatic rings. The Morgan fingerprint density at radius 2 is 2.24 bits per heavy atom. The number of allylic oxidation sites excluding steroid dienone is 1. The topological polar surface area (TPSA) is 189 Å². The zero-order chi connectivity index (χ0) is 26.7. The van der Waals surface area contributed by atoms with Crippen LogP contribution in [-0.2, 0) is 25.8 Å². The van der Waals surface area contributed by atoms with E-state index >= 15 is 0 Å². The maximum atomic E-state index is 13.0. The number of carbonyl (C=O) groups excluding carboxylic acids is 2. The monoisotopic (exact) mass is 548 g/mol. The van der Waals surface area contributed by atoms with E-state index in [-0.39, 0.29) is 22.4 Å². The minimum absolute atomic E-state index is 0.0332. The van der Waals surface area contributed by atoms with Crippen molar-refractivity contribution in [1.82, 2.24) is 29.5 Å². The van der Waals surface area contributed by atoms with Crippen LogP contribution in [0.2, 0.25) is 0 Å². The van der Waals surface area contributed by atoms with Crippen LogP contribution in [0.25, 0.3) is 0 Å². The molecule has 2 aromatic rings. The van der Waals surface area contributed by atoms with E-state index in [9.17, 15) is 19.5 Å². The third-order valence-corrected chi connectivity index (χ3v) is 7.45. The van der Waals surface area contributed by atoms with Crippen LogP contribution in [0.15, 0.2) is 41.1 Å². The van der Waals surface area contributed by atoms with Crippen LogP contribution in [0.1, 0.15) is 11.5 Å². The minimum Gasteiger partial charge on any atom is -0.477 e. The summed E-state index contributed by atoms with van der Waals surface area (Å²) in [5, 5.41) is 15.7. The number of β-lactam (4-membered cyclic amide) rings is 1. The number of aromatic amines is 1. The molecule has 4 heterocycles. The highest BCUT2D eigenvalue weighted by Gasteiger charge is 2.54. The first kappa shape index (κ1) is 26.3. The van der Waals surface area contributed by atoms with Gasteiger partial charge in [0.15, 0.2) is 5.13 Å². The second-order valence-corrected chi connectivity index (χ2v) is 10.8. The van der Waals surface area contributed by atoms with Gasteiger partial charge in [-0.1, -0.05) is 11.2 Å². The molecule has 1 fully saturated rings. The van der Waals surface area contributed by atoms with Crippen molar-refractivity contribution in [2.24, 2.45) is 5.16 Å². The maximum Gasteiger partial charge on any atom is 0.352 e. The fraction of sp³-hybridized carbons (Fsp3) is 0.381. The number of nitrogens with zero attached hydrogens (tertiary/aromatic N) is 6. The van der Waals surface area contributed by atoms with Gasteiger partial charge in [0.2, 0.25) is 11.5 Å². The molecule has 5 N–H and O–H groups in total. The number of carboxylic acids is 1. The number of quaternary nitrogens is 1. The Hall–Kier alpha value is -3.76. The van der Waals surface area contributed by atoms with Gasteiger partial charge in [0.05, 0.1) is 38.9 Å². The van der Waals surface area contributed by atoms with E-state index < -0.39 is 29.2 Å². The SMILES string of the molecule is CO/N=C(\C(=O)N[C@@H]1C(=O)N2C(C(=O)O)=C(/C=C/C[N+](C)(C)Cc3cnc[nH]3)CS[C@H]12)c1nsc(N)n1. The van der Waals surface area contributed by atoms with Gasteiger partial charge in [-0.15, -0.1) is 11.8 Å². The lowest BCUT2D eigenvalue weighted by Gasteiger charge is -2.49. The van der Waals surface area contributed by atoms with Crippen molar-refractivity contribution in [2.45, 2.75) is 18.0 Å². The van der Waals surface area contributed by atoms with Crippen LogP contribution in [0, 0.1) is 0 Å². The normalized spacial score (nSPS) is 20.1. The first-order chi connectivity index (χ1) is 17.6. The van der Waals surface area contributed by atoms with E-state index in [1.165, 1.54) is 23.8 Å². The summed E-state index contributed by atoms with van der Waals surface area (Å²) in [5.74, 6) is -2.16. The molecule has 2 aliphatic heterocycles. The quantitative estimate of drug-likeness (QED) is 0.134. The van der Waals surface area contributed by atoms with Crippen molar-refractivity contribution in [1.29, 1.82) is 0 Å². The van der Waals surface area contributed by atoms with Crippen LogP contribution >= 0.6 is 23.3 Å². The van der Waals surface area contributed by atoms with Gasteiger partial charge in [-0.3, -0.25) is 14.5 Å². The molecule has 1 saturated heterocycles. The Balaban J connectivity index is 1.46. The number of amides is 2. The van der Waals surface area contributed by atoms with Crippen molar-refractivity contribution in [3.05, 3.63) is 47.5 Å². The highest BCUT2D eigenvalue weighted by atomic mass is 32.2. The zero-order valence-electron chi connectivity index (χ0n) is 20.2. The number of rotatable bonds is 10. The van der Waals surface area contributed by atoms with Gasteiger partial charge in [-0.05, 0) is 11.6 Å². The number of anilines is 1. The summed E-state index contributed by atoms with van der Waals surface area (Å²) < 4.78 is 4.57. The van der Waals surface area contributed by atoms with E-state index in [0.29, 0.717) is 22.4 Å². The summed E-state index contributed by atoms with van der Waals surface area (Å²) in [6, 6.07) is -0.944. The molecule has 2 aromatic heterocycles. The molecule has 37 heavy (non-hydrogen) atoms. The van der Waals surface area contributed by atoms with Gasteiger partial charge in [-0.2, -0.15) is 9.36 Å². The molecule has 4 rings (SSSR count). The molecule has 0 aliphatic carbocycles. The fourth-order valence-corrected chi connectivity index (χ4v) is 5.72. The van der Waals surface area contributed by atoms with E-state index in [1.54, 1.807) is 18.6 Å². The number of nitrogens with two attached hydrogens (primary N) is 1. The molecule has 16 heteroatoms. The summed E-state index contributed by atoms with van der Waals surface area (Å²) >= 11 is 2.25. The number of hydrogen-bond donors (Lipinski definition) is 4. The number of carbonyl (C=O) groups is 3. The third-order valence-electron chi connectivity index (χ3n) is 5.61. The lowest BCUT2D eigenvalue weighted by Crippen LogP contribution is -2.71. The number of fused-ring (bicyclic) bond motifs is 1. The number of hydrogen-bond acceptors (Lipinski definition) is 11. The average Bonchev–Trinajstić information content (AvgIpc) is 3.51. The Bertz CT molecular complexity index is 1290. The molecular weight excluding hydrogens is 522 g/mol. The highest BCUT2D eigenvalue weighted by Crippen LogP contribution is 2.40. The number of H-pyrrole nitrogens is 1. The third kappa shape index (κ3) is 5.65. The van der Waals surface area contributed by atoms with Crippen molar-refractivity contribution in [3.8, 4) is 0 Å².